The van der Waals surface area contributed by atoms with Crippen molar-refractivity contribution in [3.8, 4) is 0 Å². The van der Waals surface area contributed by atoms with E-state index in [2.05, 4.69) is 41.3 Å². The molecule has 3 nitrogen and oxygen atoms in total. The summed E-state index contributed by atoms with van der Waals surface area (Å²) in [5.74, 6) is 0. The summed E-state index contributed by atoms with van der Waals surface area (Å²) in [7, 11) is 0. The highest BCUT2D eigenvalue weighted by Crippen LogP contribution is 2.22. The molecule has 2 aromatic rings. The first-order valence-electron chi connectivity index (χ1n) is 7.49. The zero-order valence-corrected chi connectivity index (χ0v) is 12.2. The molecule has 1 heterocycles. The van der Waals surface area contributed by atoms with E-state index in [0.717, 1.165) is 13.1 Å². The lowest BCUT2D eigenvalue weighted by atomic mass is 10.0. The number of benzene rings is 2. The molecule has 3 heteroatoms. The number of nitrogens with zero attached hydrogens (tertiary/aromatic N) is 1. The van der Waals surface area contributed by atoms with Crippen molar-refractivity contribution in [1.82, 2.24) is 4.90 Å². The summed E-state index contributed by atoms with van der Waals surface area (Å²) in [6.45, 7) is 2.44. The third kappa shape index (κ3) is 3.50. The van der Waals surface area contributed by atoms with Gasteiger partial charge in [0, 0.05) is 25.7 Å². The van der Waals surface area contributed by atoms with Crippen LogP contribution in [-0.4, -0.2) is 28.7 Å². The monoisotopic (exact) mass is 282 g/mol. The zero-order valence-electron chi connectivity index (χ0n) is 12.2. The van der Waals surface area contributed by atoms with Crippen LogP contribution in [0.25, 0.3) is 0 Å². The summed E-state index contributed by atoms with van der Waals surface area (Å²) in [6.07, 6.45) is 0.211. The first-order chi connectivity index (χ1) is 10.2. The lowest BCUT2D eigenvalue weighted by Gasteiger charge is -2.24. The van der Waals surface area contributed by atoms with E-state index in [9.17, 15) is 5.11 Å². The van der Waals surface area contributed by atoms with Crippen molar-refractivity contribution in [3.05, 3.63) is 71.3 Å². The normalized spacial score (nSPS) is 17.4. The van der Waals surface area contributed by atoms with E-state index in [1.807, 2.05) is 18.2 Å². The molecule has 1 aliphatic rings. The molecular formula is C18H22N2O. The van der Waals surface area contributed by atoms with Gasteiger partial charge in [-0.15, -0.1) is 0 Å². The minimum atomic E-state index is -0.500. The van der Waals surface area contributed by atoms with Crippen LogP contribution in [0.2, 0.25) is 0 Å². The maximum atomic E-state index is 10.4. The lowest BCUT2D eigenvalue weighted by Crippen LogP contribution is -2.43. The van der Waals surface area contributed by atoms with E-state index in [1.165, 1.54) is 16.7 Å². The van der Waals surface area contributed by atoms with E-state index in [1.54, 1.807) is 0 Å². The van der Waals surface area contributed by atoms with Gasteiger partial charge in [0.15, 0.2) is 0 Å². The smallest absolute Gasteiger partial charge is 0.0821 e. The molecule has 2 atom stereocenters. The fourth-order valence-corrected chi connectivity index (χ4v) is 2.96. The van der Waals surface area contributed by atoms with Gasteiger partial charge in [-0.2, -0.15) is 0 Å². The fourth-order valence-electron chi connectivity index (χ4n) is 2.96. The Balaban J connectivity index is 1.54. The van der Waals surface area contributed by atoms with Crippen LogP contribution in [0.5, 0.6) is 0 Å². The second kappa shape index (κ2) is 6.39. The van der Waals surface area contributed by atoms with Crippen molar-refractivity contribution < 1.29 is 5.11 Å². The Morgan fingerprint density at radius 3 is 2.14 bits per heavy atom. The van der Waals surface area contributed by atoms with Gasteiger partial charge < -0.3 is 10.8 Å². The first-order valence-corrected chi connectivity index (χ1v) is 7.49. The number of nitrogens with two attached hydrogens (primary N) is 1. The van der Waals surface area contributed by atoms with Crippen LogP contribution in [0, 0.1) is 0 Å². The lowest BCUT2D eigenvalue weighted by molar-refractivity contribution is 0.0898. The molecule has 110 valence electrons. The van der Waals surface area contributed by atoms with Gasteiger partial charge in [-0.3, -0.25) is 4.90 Å². The molecule has 3 rings (SSSR count). The molecule has 0 saturated carbocycles. The van der Waals surface area contributed by atoms with E-state index < -0.39 is 6.10 Å². The third-order valence-electron chi connectivity index (χ3n) is 4.16. The number of rotatable bonds is 5. The minimum Gasteiger partial charge on any atom is -0.390 e. The first kappa shape index (κ1) is 14.3. The van der Waals surface area contributed by atoms with Crippen molar-refractivity contribution in [2.45, 2.75) is 31.7 Å². The number of β-amino-alcohol motifs (C(OH)–C–C–N with tert-alkyl or cyclic N) is 1. The number of hydrogen-bond acceptors (Lipinski definition) is 3. The maximum absolute atomic E-state index is 10.4. The van der Waals surface area contributed by atoms with Crippen LogP contribution in [0.1, 0.15) is 16.7 Å². The SMILES string of the molecule is NC(Cc1ccccc1)C(O)CN1Cc2ccccc2C1. The van der Waals surface area contributed by atoms with Gasteiger partial charge in [0.1, 0.15) is 0 Å². The Morgan fingerprint density at radius 2 is 1.52 bits per heavy atom. The number of aliphatic hydroxyl groups is 1. The van der Waals surface area contributed by atoms with Gasteiger partial charge in [-0.25, -0.2) is 0 Å². The second-order valence-corrected chi connectivity index (χ2v) is 5.86. The second-order valence-electron chi connectivity index (χ2n) is 5.86. The number of hydrogen-bond donors (Lipinski definition) is 2. The summed E-state index contributed by atoms with van der Waals surface area (Å²) >= 11 is 0. The molecular weight excluding hydrogens is 260 g/mol. The molecule has 0 radical (unpaired) electrons. The van der Waals surface area contributed by atoms with E-state index in [0.29, 0.717) is 13.0 Å². The van der Waals surface area contributed by atoms with Gasteiger partial charge in [0.25, 0.3) is 0 Å². The molecule has 0 spiro atoms. The van der Waals surface area contributed by atoms with Gasteiger partial charge in [-0.1, -0.05) is 54.6 Å². The zero-order chi connectivity index (χ0) is 14.7. The molecule has 0 saturated heterocycles. The Bertz CT molecular complexity index is 560. The highest BCUT2D eigenvalue weighted by molar-refractivity contribution is 5.30. The largest absolute Gasteiger partial charge is 0.390 e. The van der Waals surface area contributed by atoms with Crippen molar-refractivity contribution >= 4 is 0 Å². The summed E-state index contributed by atoms with van der Waals surface area (Å²) < 4.78 is 0. The van der Waals surface area contributed by atoms with Gasteiger partial charge in [0.05, 0.1) is 6.10 Å². The Morgan fingerprint density at radius 1 is 0.952 bits per heavy atom. The summed E-state index contributed by atoms with van der Waals surface area (Å²) in [6, 6.07) is 18.3. The summed E-state index contributed by atoms with van der Waals surface area (Å²) in [5, 5.41) is 10.4. The molecule has 1 aliphatic heterocycles. The molecule has 0 fully saturated rings. The molecule has 2 aromatic carbocycles. The Kier molecular flexibility index (Phi) is 4.34. The van der Waals surface area contributed by atoms with Gasteiger partial charge in [0.2, 0.25) is 0 Å². The number of fused-ring (bicyclic) bond motifs is 1. The summed E-state index contributed by atoms with van der Waals surface area (Å²) in [5.41, 5.74) is 10.1. The topological polar surface area (TPSA) is 49.5 Å². The molecule has 21 heavy (non-hydrogen) atoms. The molecule has 2 unspecified atom stereocenters. The van der Waals surface area contributed by atoms with Crippen LogP contribution in [-0.2, 0) is 19.5 Å². The average Bonchev–Trinajstić information content (AvgIpc) is 2.90. The van der Waals surface area contributed by atoms with Crippen LogP contribution >= 0.6 is 0 Å². The van der Waals surface area contributed by atoms with Crippen molar-refractivity contribution in [3.63, 3.8) is 0 Å². The fraction of sp³-hybridized carbons (Fsp3) is 0.333. The van der Waals surface area contributed by atoms with Crippen LogP contribution < -0.4 is 5.73 Å². The van der Waals surface area contributed by atoms with Crippen LogP contribution in [0.15, 0.2) is 54.6 Å². The van der Waals surface area contributed by atoms with Crippen molar-refractivity contribution in [1.29, 1.82) is 0 Å². The molecule has 0 aromatic heterocycles. The standard InChI is InChI=1S/C18H22N2O/c19-17(10-14-6-2-1-3-7-14)18(21)13-20-11-15-8-4-5-9-16(15)12-20/h1-9,17-18,21H,10-13,19H2. The van der Waals surface area contributed by atoms with E-state index >= 15 is 0 Å². The minimum absolute atomic E-state index is 0.226. The summed E-state index contributed by atoms with van der Waals surface area (Å²) in [4.78, 5) is 2.26. The molecule has 0 amide bonds. The van der Waals surface area contributed by atoms with Crippen LogP contribution in [0.4, 0.5) is 0 Å². The van der Waals surface area contributed by atoms with Crippen molar-refractivity contribution in [2.75, 3.05) is 6.54 Å². The highest BCUT2D eigenvalue weighted by atomic mass is 16.3. The van der Waals surface area contributed by atoms with E-state index in [-0.39, 0.29) is 6.04 Å². The maximum Gasteiger partial charge on any atom is 0.0821 e. The highest BCUT2D eigenvalue weighted by Gasteiger charge is 2.23. The Labute approximate surface area is 126 Å². The van der Waals surface area contributed by atoms with E-state index in [4.69, 9.17) is 5.73 Å². The molecule has 0 bridgehead atoms. The molecule has 0 aliphatic carbocycles. The number of aliphatic hydroxyl groups excluding tert-OH is 1. The molecule has 3 N–H and O–H groups in total. The predicted molar refractivity (Wildman–Crippen MR) is 84.7 cm³/mol. The van der Waals surface area contributed by atoms with Gasteiger partial charge in [-0.05, 0) is 23.1 Å². The van der Waals surface area contributed by atoms with Crippen LogP contribution in [0.3, 0.4) is 0 Å². The quantitative estimate of drug-likeness (QED) is 0.881. The third-order valence-corrected chi connectivity index (χ3v) is 4.16. The average molecular weight is 282 g/mol. The Hall–Kier alpha value is -1.68. The predicted octanol–water partition coefficient (Wildman–Crippen LogP) is 1.93. The van der Waals surface area contributed by atoms with Crippen molar-refractivity contribution in [2.24, 2.45) is 5.73 Å². The van der Waals surface area contributed by atoms with Gasteiger partial charge >= 0.3 is 0 Å².